The number of hydrogen-bond donors (Lipinski definition) is 2. The van der Waals surface area contributed by atoms with Crippen LogP contribution >= 0.6 is 0 Å². The van der Waals surface area contributed by atoms with E-state index in [1.807, 2.05) is 45.2 Å². The predicted molar refractivity (Wildman–Crippen MR) is 99.7 cm³/mol. The lowest BCUT2D eigenvalue weighted by Gasteiger charge is -2.18. The molecule has 2 N–H and O–H groups in total. The molecule has 3 aromatic rings. The van der Waals surface area contributed by atoms with Crippen molar-refractivity contribution < 1.29 is 18.5 Å². The third kappa shape index (κ3) is 4.77. The molecule has 140 valence electrons. The molecular formula is C20H22FN4O2+. The van der Waals surface area contributed by atoms with Crippen molar-refractivity contribution in [1.29, 1.82) is 0 Å². The van der Waals surface area contributed by atoms with Gasteiger partial charge in [0.05, 0.1) is 7.05 Å². The van der Waals surface area contributed by atoms with Crippen molar-refractivity contribution in [3.8, 4) is 11.5 Å². The van der Waals surface area contributed by atoms with Gasteiger partial charge in [-0.1, -0.05) is 23.8 Å². The van der Waals surface area contributed by atoms with Gasteiger partial charge >= 0.3 is 0 Å². The zero-order valence-electron chi connectivity index (χ0n) is 15.5. The van der Waals surface area contributed by atoms with Crippen molar-refractivity contribution in [2.75, 3.05) is 18.9 Å². The molecule has 0 aliphatic carbocycles. The first-order valence-electron chi connectivity index (χ1n) is 8.70. The van der Waals surface area contributed by atoms with Gasteiger partial charge in [-0.25, -0.2) is 4.39 Å². The summed E-state index contributed by atoms with van der Waals surface area (Å²) in [5, 5.41) is 10.9. The average Bonchev–Trinajstić information content (AvgIpc) is 3.11. The molecule has 1 amide bonds. The zero-order valence-corrected chi connectivity index (χ0v) is 15.5. The quantitative estimate of drug-likeness (QED) is 0.700. The Kier molecular flexibility index (Phi) is 5.61. The molecule has 0 bridgehead atoms. The number of aromatic nitrogens is 2. The van der Waals surface area contributed by atoms with Gasteiger partial charge < -0.3 is 14.6 Å². The van der Waals surface area contributed by atoms with Gasteiger partial charge in [-0.2, -0.15) is 0 Å². The van der Waals surface area contributed by atoms with Crippen molar-refractivity contribution in [2.45, 2.75) is 19.9 Å². The number of hydrogen-bond acceptors (Lipinski definition) is 4. The lowest BCUT2D eigenvalue weighted by atomic mass is 10.1. The van der Waals surface area contributed by atoms with E-state index in [2.05, 4.69) is 15.5 Å². The predicted octanol–water partition coefficient (Wildman–Crippen LogP) is 2.40. The number of carbonyl (C=O) groups is 1. The van der Waals surface area contributed by atoms with Crippen LogP contribution in [0, 0.1) is 12.7 Å². The molecule has 1 unspecified atom stereocenters. The minimum atomic E-state index is -0.392. The molecule has 6 nitrogen and oxygen atoms in total. The minimum absolute atomic E-state index is 0.172. The molecule has 3 rings (SSSR count). The Labute approximate surface area is 157 Å². The minimum Gasteiger partial charge on any atom is -0.415 e. The van der Waals surface area contributed by atoms with Gasteiger partial charge in [0, 0.05) is 11.3 Å². The molecule has 2 aromatic carbocycles. The number of amides is 1. The van der Waals surface area contributed by atoms with Gasteiger partial charge in [0.2, 0.25) is 5.89 Å². The molecule has 0 saturated carbocycles. The van der Waals surface area contributed by atoms with E-state index in [4.69, 9.17) is 4.42 Å². The maximum atomic E-state index is 13.2. The molecule has 1 heterocycles. The van der Waals surface area contributed by atoms with E-state index in [9.17, 15) is 9.18 Å². The van der Waals surface area contributed by atoms with Crippen LogP contribution in [-0.2, 0) is 4.79 Å². The fourth-order valence-electron chi connectivity index (χ4n) is 2.69. The van der Waals surface area contributed by atoms with Gasteiger partial charge in [-0.05, 0) is 44.2 Å². The molecule has 2 atom stereocenters. The van der Waals surface area contributed by atoms with Crippen LogP contribution in [-0.4, -0.2) is 29.7 Å². The summed E-state index contributed by atoms with van der Waals surface area (Å²) in [4.78, 5) is 13.1. The normalized spacial score (nSPS) is 13.2. The molecular weight excluding hydrogens is 347 g/mol. The summed E-state index contributed by atoms with van der Waals surface area (Å²) in [7, 11) is 1.87. The number of nitrogens with one attached hydrogen (secondary N) is 2. The topological polar surface area (TPSA) is 72.5 Å². The Morgan fingerprint density at radius 3 is 2.74 bits per heavy atom. The molecule has 0 radical (unpaired) electrons. The van der Waals surface area contributed by atoms with E-state index < -0.39 is 5.82 Å². The Hall–Kier alpha value is -3.06. The number of nitrogens with zero attached hydrogens (tertiary/aromatic N) is 2. The van der Waals surface area contributed by atoms with Crippen molar-refractivity contribution in [3.63, 3.8) is 0 Å². The molecule has 0 aliphatic rings. The molecule has 0 spiro atoms. The van der Waals surface area contributed by atoms with Crippen LogP contribution in [0.2, 0.25) is 0 Å². The lowest BCUT2D eigenvalue weighted by Crippen LogP contribution is -3.10. The van der Waals surface area contributed by atoms with E-state index >= 15 is 0 Å². The summed E-state index contributed by atoms with van der Waals surface area (Å²) in [5.41, 5.74) is 2.40. The average molecular weight is 369 g/mol. The number of quaternary nitrogens is 1. The van der Waals surface area contributed by atoms with Gasteiger partial charge in [0.25, 0.3) is 11.8 Å². The van der Waals surface area contributed by atoms with Crippen LogP contribution < -0.4 is 10.2 Å². The van der Waals surface area contributed by atoms with E-state index in [1.54, 1.807) is 12.1 Å². The smallest absolute Gasteiger partial charge is 0.279 e. The number of benzene rings is 2. The van der Waals surface area contributed by atoms with Gasteiger partial charge in [-0.15, -0.1) is 10.2 Å². The molecule has 0 saturated heterocycles. The van der Waals surface area contributed by atoms with Gasteiger partial charge in [0.15, 0.2) is 12.6 Å². The van der Waals surface area contributed by atoms with E-state index in [-0.39, 0.29) is 18.5 Å². The van der Waals surface area contributed by atoms with Crippen molar-refractivity contribution in [3.05, 3.63) is 65.8 Å². The Bertz CT molecular complexity index is 941. The van der Waals surface area contributed by atoms with E-state index in [1.165, 1.54) is 12.1 Å². The number of likely N-dealkylation sites (N-methyl/N-ethyl adjacent to an activating group) is 1. The second-order valence-corrected chi connectivity index (χ2v) is 6.62. The first-order chi connectivity index (χ1) is 12.9. The summed E-state index contributed by atoms with van der Waals surface area (Å²) < 4.78 is 19.0. The standard InChI is InChI=1S/C20H21FN4O2/c1-13-6-4-7-15(10-13)20-24-23-19(27-20)14(2)25(3)12-18(26)22-17-9-5-8-16(21)11-17/h4-11,14H,12H2,1-3H3,(H,22,26)/p+1/t14-/m1/s1. The number of carbonyl (C=O) groups excluding carboxylic acids is 1. The number of anilines is 1. The molecule has 27 heavy (non-hydrogen) atoms. The SMILES string of the molecule is Cc1cccc(-c2nnc([C@@H](C)[NH+](C)CC(=O)Nc3cccc(F)c3)o2)c1. The highest BCUT2D eigenvalue weighted by Gasteiger charge is 2.24. The summed E-state index contributed by atoms with van der Waals surface area (Å²) in [5.74, 6) is 0.305. The Morgan fingerprint density at radius 1 is 1.22 bits per heavy atom. The number of rotatable bonds is 6. The maximum Gasteiger partial charge on any atom is 0.279 e. The third-order valence-electron chi connectivity index (χ3n) is 4.36. The van der Waals surface area contributed by atoms with E-state index in [0.29, 0.717) is 17.5 Å². The van der Waals surface area contributed by atoms with Crippen LogP contribution in [0.5, 0.6) is 0 Å². The molecule has 0 fully saturated rings. The lowest BCUT2D eigenvalue weighted by molar-refractivity contribution is -0.903. The van der Waals surface area contributed by atoms with Crippen LogP contribution in [0.25, 0.3) is 11.5 Å². The van der Waals surface area contributed by atoms with Crippen LogP contribution in [0.1, 0.15) is 24.4 Å². The van der Waals surface area contributed by atoms with Crippen LogP contribution in [0.15, 0.2) is 52.9 Å². The number of aryl methyl sites for hydroxylation is 1. The third-order valence-corrected chi connectivity index (χ3v) is 4.36. The van der Waals surface area contributed by atoms with Crippen molar-refractivity contribution >= 4 is 11.6 Å². The Balaban J connectivity index is 1.63. The summed E-state index contributed by atoms with van der Waals surface area (Å²) in [6.45, 7) is 4.09. The number of halogens is 1. The van der Waals surface area contributed by atoms with Crippen molar-refractivity contribution in [2.24, 2.45) is 0 Å². The Morgan fingerprint density at radius 2 is 2.00 bits per heavy atom. The summed E-state index contributed by atoms with van der Waals surface area (Å²) in [6.07, 6.45) is 0. The summed E-state index contributed by atoms with van der Waals surface area (Å²) in [6, 6.07) is 13.5. The first-order valence-corrected chi connectivity index (χ1v) is 8.70. The monoisotopic (exact) mass is 369 g/mol. The fourth-order valence-corrected chi connectivity index (χ4v) is 2.69. The highest BCUT2D eigenvalue weighted by Crippen LogP contribution is 2.20. The second-order valence-electron chi connectivity index (χ2n) is 6.62. The molecule has 1 aromatic heterocycles. The molecule has 7 heteroatoms. The molecule has 0 aliphatic heterocycles. The summed E-state index contributed by atoms with van der Waals surface area (Å²) >= 11 is 0. The van der Waals surface area contributed by atoms with Crippen LogP contribution in [0.4, 0.5) is 10.1 Å². The highest BCUT2D eigenvalue weighted by atomic mass is 19.1. The maximum absolute atomic E-state index is 13.2. The van der Waals surface area contributed by atoms with Crippen LogP contribution in [0.3, 0.4) is 0 Å². The van der Waals surface area contributed by atoms with Gasteiger partial charge in [-0.3, -0.25) is 4.79 Å². The zero-order chi connectivity index (χ0) is 19.4. The second kappa shape index (κ2) is 8.09. The van der Waals surface area contributed by atoms with Crippen molar-refractivity contribution in [1.82, 2.24) is 10.2 Å². The highest BCUT2D eigenvalue weighted by molar-refractivity contribution is 5.91. The van der Waals surface area contributed by atoms with E-state index in [0.717, 1.165) is 16.0 Å². The first kappa shape index (κ1) is 18.7. The largest absolute Gasteiger partial charge is 0.415 e. The van der Waals surface area contributed by atoms with Gasteiger partial charge in [0.1, 0.15) is 5.82 Å². The fraction of sp³-hybridized carbons (Fsp3) is 0.250.